The number of ether oxygens (including phenoxy) is 1. The summed E-state index contributed by atoms with van der Waals surface area (Å²) in [6.45, 7) is 5.76. The van der Waals surface area contributed by atoms with Crippen LogP contribution in [0.3, 0.4) is 0 Å². The lowest BCUT2D eigenvalue weighted by Gasteiger charge is -2.41. The number of hydrogen-bond acceptors (Lipinski definition) is 10. The monoisotopic (exact) mass is 526 g/mol. The minimum Gasteiger partial charge on any atom is -0.464 e. The molecule has 1 N–H and O–H groups in total. The summed E-state index contributed by atoms with van der Waals surface area (Å²) in [4.78, 5) is 32.3. The van der Waals surface area contributed by atoms with E-state index in [-0.39, 0.29) is 55.4 Å². The Hall–Kier alpha value is -3.33. The van der Waals surface area contributed by atoms with Gasteiger partial charge in [0.1, 0.15) is 28.9 Å². The molecule has 0 radical (unpaired) electrons. The van der Waals surface area contributed by atoms with E-state index in [0.29, 0.717) is 35.2 Å². The van der Waals surface area contributed by atoms with Gasteiger partial charge in [0.05, 0.1) is 19.3 Å². The number of piperazine rings is 1. The smallest absolute Gasteiger partial charge is 0.443 e. The molecule has 1 atom stereocenters. The molecule has 1 fully saturated rings. The van der Waals surface area contributed by atoms with Gasteiger partial charge in [-0.05, 0) is 20.8 Å². The van der Waals surface area contributed by atoms with Gasteiger partial charge in [-0.3, -0.25) is 4.79 Å². The van der Waals surface area contributed by atoms with Crippen LogP contribution in [0.2, 0.25) is 0 Å². The first kappa shape index (κ1) is 25.8. The number of aryl methyl sites for hydroxylation is 2. The number of amides is 1. The van der Waals surface area contributed by atoms with E-state index in [0.717, 1.165) is 0 Å². The Morgan fingerprint density at radius 1 is 1.22 bits per heavy atom. The molecule has 15 heteroatoms. The van der Waals surface area contributed by atoms with Crippen LogP contribution in [0.15, 0.2) is 12.4 Å². The van der Waals surface area contributed by atoms with Gasteiger partial charge < -0.3 is 19.6 Å². The molecule has 0 saturated carbocycles. The van der Waals surface area contributed by atoms with Gasteiger partial charge in [0.25, 0.3) is 0 Å². The third kappa shape index (κ3) is 5.41. The van der Waals surface area contributed by atoms with Gasteiger partial charge in [-0.2, -0.15) is 18.3 Å². The summed E-state index contributed by atoms with van der Waals surface area (Å²) in [7, 11) is 0. The number of halogens is 3. The molecule has 4 rings (SSSR count). The molecule has 1 aliphatic rings. The van der Waals surface area contributed by atoms with Crippen molar-refractivity contribution in [2.24, 2.45) is 0 Å². The zero-order valence-corrected chi connectivity index (χ0v) is 20.7. The summed E-state index contributed by atoms with van der Waals surface area (Å²) < 4.78 is 47.4. The lowest BCUT2D eigenvalue weighted by Crippen LogP contribution is -2.57. The SMILES string of the molecule is CCOc1ncc(-c2nc(C(F)(F)F)sc2N2CCN(C(=O)Cn3nc(C)nc3C)[C@H](CO)C2)cn1. The molecule has 11 nitrogen and oxygen atoms in total. The number of hydrogen-bond donors (Lipinski definition) is 1. The summed E-state index contributed by atoms with van der Waals surface area (Å²) in [5.41, 5.74) is 0.386. The Bertz CT molecular complexity index is 1210. The van der Waals surface area contributed by atoms with Crippen molar-refractivity contribution in [3.63, 3.8) is 0 Å². The van der Waals surface area contributed by atoms with E-state index >= 15 is 0 Å². The van der Waals surface area contributed by atoms with Crippen molar-refractivity contribution in [3.8, 4) is 17.3 Å². The summed E-state index contributed by atoms with van der Waals surface area (Å²) in [6, 6.07) is -0.517. The first-order chi connectivity index (χ1) is 17.1. The number of alkyl halides is 3. The first-order valence-corrected chi connectivity index (χ1v) is 12.0. The Morgan fingerprint density at radius 3 is 2.53 bits per heavy atom. The summed E-state index contributed by atoms with van der Waals surface area (Å²) in [5.74, 6) is 0.869. The van der Waals surface area contributed by atoms with Gasteiger partial charge >= 0.3 is 12.2 Å². The maximum Gasteiger partial charge on any atom is 0.443 e. The van der Waals surface area contributed by atoms with Crippen LogP contribution in [-0.4, -0.2) is 84.5 Å². The molecule has 0 unspecified atom stereocenters. The minimum atomic E-state index is -4.63. The molecule has 194 valence electrons. The fraction of sp³-hybridized carbons (Fsp3) is 0.524. The average molecular weight is 527 g/mol. The summed E-state index contributed by atoms with van der Waals surface area (Å²) >= 11 is 0.507. The fourth-order valence-electron chi connectivity index (χ4n) is 3.93. The van der Waals surface area contributed by atoms with E-state index in [1.165, 1.54) is 22.0 Å². The molecule has 36 heavy (non-hydrogen) atoms. The number of aromatic nitrogens is 6. The molecule has 1 saturated heterocycles. The second-order valence-corrected chi connectivity index (χ2v) is 9.07. The molecule has 1 amide bonds. The van der Waals surface area contributed by atoms with E-state index in [1.807, 2.05) is 0 Å². The number of anilines is 1. The molecule has 0 spiro atoms. The predicted molar refractivity (Wildman–Crippen MR) is 124 cm³/mol. The van der Waals surface area contributed by atoms with Gasteiger partial charge in [-0.15, -0.1) is 0 Å². The van der Waals surface area contributed by atoms with E-state index in [4.69, 9.17) is 4.74 Å². The number of thiazole rings is 1. The molecule has 0 aliphatic carbocycles. The van der Waals surface area contributed by atoms with Gasteiger partial charge in [-0.1, -0.05) is 11.3 Å². The maximum atomic E-state index is 13.6. The van der Waals surface area contributed by atoms with Gasteiger partial charge in [-0.25, -0.2) is 24.6 Å². The number of rotatable bonds is 7. The van der Waals surface area contributed by atoms with Crippen LogP contribution in [0.5, 0.6) is 6.01 Å². The van der Waals surface area contributed by atoms with E-state index in [9.17, 15) is 23.1 Å². The second-order valence-electron chi connectivity index (χ2n) is 8.09. The number of aliphatic hydroxyl groups is 1. The zero-order valence-electron chi connectivity index (χ0n) is 19.9. The molecular formula is C21H25F3N8O3S. The predicted octanol–water partition coefficient (Wildman–Crippen LogP) is 1.94. The molecular weight excluding hydrogens is 501 g/mol. The quantitative estimate of drug-likeness (QED) is 0.492. The Labute approximate surface area is 208 Å². The van der Waals surface area contributed by atoms with Crippen LogP contribution in [0.4, 0.5) is 18.2 Å². The van der Waals surface area contributed by atoms with Gasteiger partial charge in [0.15, 0.2) is 0 Å². The maximum absolute atomic E-state index is 13.6. The molecule has 3 aromatic rings. The van der Waals surface area contributed by atoms with Crippen molar-refractivity contribution in [1.29, 1.82) is 0 Å². The van der Waals surface area contributed by atoms with Crippen LogP contribution in [-0.2, 0) is 17.5 Å². The fourth-order valence-corrected chi connectivity index (χ4v) is 4.92. The highest BCUT2D eigenvalue weighted by molar-refractivity contribution is 7.16. The number of carbonyl (C=O) groups is 1. The third-order valence-corrected chi connectivity index (χ3v) is 6.74. The third-order valence-electron chi connectivity index (χ3n) is 5.58. The summed E-state index contributed by atoms with van der Waals surface area (Å²) in [5, 5.41) is 13.5. The van der Waals surface area contributed by atoms with Crippen LogP contribution >= 0.6 is 11.3 Å². The average Bonchev–Trinajstić information content (AvgIpc) is 3.42. The number of carbonyl (C=O) groups excluding carboxylic acids is 1. The highest BCUT2D eigenvalue weighted by Gasteiger charge is 2.39. The zero-order chi connectivity index (χ0) is 26.0. The summed E-state index contributed by atoms with van der Waals surface area (Å²) in [6.07, 6.45) is -1.91. The van der Waals surface area contributed by atoms with Crippen molar-refractivity contribution in [1.82, 2.24) is 34.6 Å². The van der Waals surface area contributed by atoms with Gasteiger partial charge in [0, 0.05) is 37.6 Å². The lowest BCUT2D eigenvalue weighted by atomic mass is 10.1. The normalized spacial score (nSPS) is 16.5. The largest absolute Gasteiger partial charge is 0.464 e. The van der Waals surface area contributed by atoms with Crippen LogP contribution in [0.25, 0.3) is 11.3 Å². The first-order valence-electron chi connectivity index (χ1n) is 11.2. The standard InChI is InChI=1S/C21H25F3N8O3S/c1-4-35-20-25-7-14(8-26-20)17-18(36-19(28-17)21(22,23)24)30-5-6-31(15(9-30)11-33)16(34)10-32-13(3)27-12(2)29-32/h7-8,15,33H,4-6,9-11H2,1-3H3/t15-/m0/s1. The molecule has 0 bridgehead atoms. The van der Waals surface area contributed by atoms with E-state index < -0.39 is 17.2 Å². The minimum absolute atomic E-state index is 0.0449. The van der Waals surface area contributed by atoms with Gasteiger partial charge in [0.2, 0.25) is 10.9 Å². The highest BCUT2D eigenvalue weighted by atomic mass is 32.1. The molecule has 1 aliphatic heterocycles. The van der Waals surface area contributed by atoms with Crippen molar-refractivity contribution in [2.45, 2.75) is 39.5 Å². The lowest BCUT2D eigenvalue weighted by molar-refractivity contribution is -0.137. The van der Waals surface area contributed by atoms with Crippen molar-refractivity contribution < 1.29 is 27.8 Å². The second kappa shape index (κ2) is 10.3. The van der Waals surface area contributed by atoms with Crippen LogP contribution < -0.4 is 9.64 Å². The van der Waals surface area contributed by atoms with Crippen molar-refractivity contribution in [2.75, 3.05) is 37.7 Å². The Morgan fingerprint density at radius 2 is 1.94 bits per heavy atom. The molecule has 4 heterocycles. The number of nitrogens with zero attached hydrogens (tertiary/aromatic N) is 8. The van der Waals surface area contributed by atoms with Crippen LogP contribution in [0, 0.1) is 13.8 Å². The van der Waals surface area contributed by atoms with Crippen LogP contribution in [0.1, 0.15) is 23.6 Å². The Balaban J connectivity index is 1.58. The Kier molecular flexibility index (Phi) is 7.40. The van der Waals surface area contributed by atoms with E-state index in [2.05, 4.69) is 25.0 Å². The van der Waals surface area contributed by atoms with Crippen molar-refractivity contribution >= 4 is 22.2 Å². The highest BCUT2D eigenvalue weighted by Crippen LogP contribution is 2.43. The number of aliphatic hydroxyl groups excluding tert-OH is 1. The molecule has 3 aromatic heterocycles. The topological polar surface area (TPSA) is 122 Å². The van der Waals surface area contributed by atoms with E-state index in [1.54, 1.807) is 25.7 Å². The van der Waals surface area contributed by atoms with Crippen molar-refractivity contribution in [3.05, 3.63) is 29.1 Å². The molecule has 0 aromatic carbocycles.